The number of ether oxygens (including phenoxy) is 1. The normalized spacial score (nSPS) is 9.76. The lowest BCUT2D eigenvalue weighted by molar-refractivity contribution is -0.143. The smallest absolute Gasteiger partial charge is 0.325 e. The molecule has 1 amide bonds. The molecule has 0 saturated carbocycles. The second-order valence-corrected chi connectivity index (χ2v) is 3.35. The quantitative estimate of drug-likeness (QED) is 0.781. The van der Waals surface area contributed by atoms with Crippen molar-refractivity contribution in [3.05, 3.63) is 35.6 Å². The van der Waals surface area contributed by atoms with Gasteiger partial charge in [0.15, 0.2) is 0 Å². The number of hydrogen-bond donors (Lipinski definition) is 1. The van der Waals surface area contributed by atoms with Crippen LogP contribution in [0.2, 0.25) is 0 Å². The van der Waals surface area contributed by atoms with Gasteiger partial charge in [0.1, 0.15) is 12.4 Å². The first-order chi connectivity index (χ1) is 8.13. The number of benzene rings is 1. The van der Waals surface area contributed by atoms with Crippen LogP contribution in [0, 0.1) is 5.82 Å². The number of rotatable bonds is 5. The van der Waals surface area contributed by atoms with Crippen LogP contribution in [-0.2, 0) is 20.7 Å². The van der Waals surface area contributed by atoms with E-state index in [1.807, 2.05) is 0 Å². The van der Waals surface area contributed by atoms with Crippen LogP contribution in [0.15, 0.2) is 24.3 Å². The van der Waals surface area contributed by atoms with Crippen molar-refractivity contribution in [1.82, 2.24) is 5.32 Å². The summed E-state index contributed by atoms with van der Waals surface area (Å²) in [6.07, 6.45) is -0.0912. The Hall–Kier alpha value is -1.91. The second kappa shape index (κ2) is 6.62. The number of hydrogen-bond acceptors (Lipinski definition) is 3. The maximum absolute atomic E-state index is 13.2. The van der Waals surface area contributed by atoms with E-state index in [9.17, 15) is 14.0 Å². The highest BCUT2D eigenvalue weighted by molar-refractivity contribution is 5.83. The Morgan fingerprint density at radius 3 is 2.71 bits per heavy atom. The minimum absolute atomic E-state index is 0.0912. The topological polar surface area (TPSA) is 55.4 Å². The fourth-order valence-electron chi connectivity index (χ4n) is 1.26. The average molecular weight is 239 g/mol. The minimum Gasteiger partial charge on any atom is -0.465 e. The van der Waals surface area contributed by atoms with Crippen LogP contribution < -0.4 is 5.32 Å². The summed E-state index contributed by atoms with van der Waals surface area (Å²) in [6.45, 7) is 1.75. The predicted octanol–water partition coefficient (Wildman–Crippen LogP) is 1.05. The molecule has 1 aromatic carbocycles. The van der Waals surface area contributed by atoms with E-state index in [-0.39, 0.29) is 19.6 Å². The van der Waals surface area contributed by atoms with Crippen molar-refractivity contribution in [3.63, 3.8) is 0 Å². The van der Waals surface area contributed by atoms with Gasteiger partial charge in [-0.15, -0.1) is 0 Å². The summed E-state index contributed by atoms with van der Waals surface area (Å²) in [7, 11) is 0. The van der Waals surface area contributed by atoms with E-state index in [0.717, 1.165) is 0 Å². The lowest BCUT2D eigenvalue weighted by Gasteiger charge is -2.05. The van der Waals surface area contributed by atoms with Crippen molar-refractivity contribution >= 4 is 11.9 Å². The number of halogens is 1. The third-order valence-corrected chi connectivity index (χ3v) is 2.04. The first-order valence-corrected chi connectivity index (χ1v) is 5.29. The largest absolute Gasteiger partial charge is 0.465 e. The van der Waals surface area contributed by atoms with Crippen LogP contribution in [0.25, 0.3) is 0 Å². The van der Waals surface area contributed by atoms with Crippen molar-refractivity contribution in [2.75, 3.05) is 13.2 Å². The zero-order chi connectivity index (χ0) is 12.7. The molecule has 0 heterocycles. The van der Waals surface area contributed by atoms with E-state index in [1.54, 1.807) is 19.1 Å². The van der Waals surface area contributed by atoms with Gasteiger partial charge in [0.25, 0.3) is 0 Å². The monoisotopic (exact) mass is 239 g/mol. The second-order valence-electron chi connectivity index (χ2n) is 3.35. The van der Waals surface area contributed by atoms with Crippen LogP contribution >= 0.6 is 0 Å². The summed E-state index contributed by atoms with van der Waals surface area (Å²) >= 11 is 0. The Labute approximate surface area is 98.8 Å². The van der Waals surface area contributed by atoms with Gasteiger partial charge in [-0.25, -0.2) is 4.39 Å². The third-order valence-electron chi connectivity index (χ3n) is 2.04. The minimum atomic E-state index is -0.505. The Morgan fingerprint density at radius 2 is 2.06 bits per heavy atom. The number of amides is 1. The van der Waals surface area contributed by atoms with Gasteiger partial charge < -0.3 is 10.1 Å². The van der Waals surface area contributed by atoms with Gasteiger partial charge in [0.05, 0.1) is 13.0 Å². The standard InChI is InChI=1S/C12H14FNO3/c1-2-17-12(16)8-14-11(15)7-9-5-3-4-6-10(9)13/h3-6H,2,7-8H2,1H3,(H,14,15). The van der Waals surface area contributed by atoms with E-state index in [4.69, 9.17) is 0 Å². The Morgan fingerprint density at radius 1 is 1.35 bits per heavy atom. The maximum atomic E-state index is 13.2. The molecular weight excluding hydrogens is 225 g/mol. The molecule has 1 N–H and O–H groups in total. The van der Waals surface area contributed by atoms with Gasteiger partial charge in [-0.05, 0) is 18.6 Å². The number of carbonyl (C=O) groups excluding carboxylic acids is 2. The van der Waals surface area contributed by atoms with Gasteiger partial charge in [-0.2, -0.15) is 0 Å². The van der Waals surface area contributed by atoms with Crippen molar-refractivity contribution in [1.29, 1.82) is 0 Å². The summed E-state index contributed by atoms with van der Waals surface area (Å²) in [5, 5.41) is 2.36. The molecule has 0 radical (unpaired) electrons. The van der Waals surface area contributed by atoms with E-state index < -0.39 is 17.7 Å². The molecule has 0 aliphatic heterocycles. The van der Waals surface area contributed by atoms with Gasteiger partial charge in [0.2, 0.25) is 5.91 Å². The molecule has 0 unspecified atom stereocenters. The molecule has 17 heavy (non-hydrogen) atoms. The van der Waals surface area contributed by atoms with Crippen LogP contribution in [0.1, 0.15) is 12.5 Å². The number of carbonyl (C=O) groups is 2. The SMILES string of the molecule is CCOC(=O)CNC(=O)Cc1ccccc1F. The van der Waals surface area contributed by atoms with Crippen molar-refractivity contribution in [2.45, 2.75) is 13.3 Å². The summed E-state index contributed by atoms with van der Waals surface area (Å²) in [4.78, 5) is 22.3. The van der Waals surface area contributed by atoms with Crippen LogP contribution in [0.3, 0.4) is 0 Å². The predicted molar refractivity (Wildman–Crippen MR) is 59.7 cm³/mol. The zero-order valence-corrected chi connectivity index (χ0v) is 9.53. The van der Waals surface area contributed by atoms with Gasteiger partial charge in [0, 0.05) is 0 Å². The molecule has 0 aromatic heterocycles. The van der Waals surface area contributed by atoms with Crippen LogP contribution in [0.5, 0.6) is 0 Å². The molecule has 1 rings (SSSR count). The first kappa shape index (κ1) is 13.2. The lowest BCUT2D eigenvalue weighted by atomic mass is 10.1. The van der Waals surface area contributed by atoms with E-state index in [2.05, 4.69) is 10.1 Å². The zero-order valence-electron chi connectivity index (χ0n) is 9.53. The molecular formula is C12H14FNO3. The third kappa shape index (κ3) is 4.63. The number of esters is 1. The molecule has 0 fully saturated rings. The van der Waals surface area contributed by atoms with E-state index in [1.165, 1.54) is 12.1 Å². The fraction of sp³-hybridized carbons (Fsp3) is 0.333. The maximum Gasteiger partial charge on any atom is 0.325 e. The average Bonchev–Trinajstić information content (AvgIpc) is 2.30. The Balaban J connectivity index is 2.40. The summed E-state index contributed by atoms with van der Waals surface area (Å²) in [5.74, 6) is -1.35. The van der Waals surface area contributed by atoms with Crippen molar-refractivity contribution in [2.24, 2.45) is 0 Å². The van der Waals surface area contributed by atoms with Gasteiger partial charge in [-0.3, -0.25) is 9.59 Å². The van der Waals surface area contributed by atoms with Crippen LogP contribution in [0.4, 0.5) is 4.39 Å². The Bertz CT molecular complexity index is 406. The summed E-state index contributed by atoms with van der Waals surface area (Å²) in [5.41, 5.74) is 0.300. The first-order valence-electron chi connectivity index (χ1n) is 5.29. The highest BCUT2D eigenvalue weighted by atomic mass is 19.1. The molecule has 4 nitrogen and oxygen atoms in total. The van der Waals surface area contributed by atoms with E-state index >= 15 is 0 Å². The molecule has 92 valence electrons. The van der Waals surface area contributed by atoms with Gasteiger partial charge >= 0.3 is 5.97 Å². The molecule has 0 spiro atoms. The van der Waals surface area contributed by atoms with Crippen molar-refractivity contribution < 1.29 is 18.7 Å². The molecule has 0 aliphatic rings. The Kier molecular flexibility index (Phi) is 5.13. The summed E-state index contributed by atoms with van der Waals surface area (Å²) in [6, 6.07) is 6.01. The highest BCUT2D eigenvalue weighted by Crippen LogP contribution is 2.06. The van der Waals surface area contributed by atoms with Gasteiger partial charge in [-0.1, -0.05) is 18.2 Å². The molecule has 0 bridgehead atoms. The molecule has 0 saturated heterocycles. The van der Waals surface area contributed by atoms with Crippen molar-refractivity contribution in [3.8, 4) is 0 Å². The highest BCUT2D eigenvalue weighted by Gasteiger charge is 2.09. The lowest BCUT2D eigenvalue weighted by Crippen LogP contribution is -2.31. The molecule has 5 heteroatoms. The van der Waals surface area contributed by atoms with Crippen LogP contribution in [-0.4, -0.2) is 25.0 Å². The molecule has 1 aromatic rings. The number of nitrogens with one attached hydrogen (secondary N) is 1. The molecule has 0 atom stereocenters. The summed E-state index contributed by atoms with van der Waals surface area (Å²) < 4.78 is 17.8. The fourth-order valence-corrected chi connectivity index (χ4v) is 1.26. The van der Waals surface area contributed by atoms with E-state index in [0.29, 0.717) is 5.56 Å². The molecule has 0 aliphatic carbocycles.